The van der Waals surface area contributed by atoms with Gasteiger partial charge in [-0.05, 0) is 42.7 Å². The largest absolute Gasteiger partial charge is 0.357 e. The van der Waals surface area contributed by atoms with Gasteiger partial charge in [0.05, 0.1) is 10.6 Å². The first kappa shape index (κ1) is 26.0. The van der Waals surface area contributed by atoms with Crippen LogP contribution < -0.4 is 9.62 Å². The molecule has 0 aliphatic carbocycles. The second-order valence-electron chi connectivity index (χ2n) is 8.16. The molecule has 1 N–H and O–H groups in total. The number of likely N-dealkylation sites (N-methyl/N-ethyl adjacent to an activating group) is 1. The van der Waals surface area contributed by atoms with Gasteiger partial charge in [0.15, 0.2) is 0 Å². The molecule has 1 atom stereocenters. The van der Waals surface area contributed by atoms with Gasteiger partial charge in [0, 0.05) is 13.6 Å². The second kappa shape index (κ2) is 11.7. The molecule has 8 heteroatoms. The van der Waals surface area contributed by atoms with E-state index < -0.39 is 28.5 Å². The molecule has 0 bridgehead atoms. The Labute approximate surface area is 207 Å². The Hall–Kier alpha value is -3.65. The summed E-state index contributed by atoms with van der Waals surface area (Å²) in [6.07, 6.45) is 0.383. The summed E-state index contributed by atoms with van der Waals surface area (Å²) in [5, 5.41) is 2.62. The highest BCUT2D eigenvalue weighted by atomic mass is 32.2. The van der Waals surface area contributed by atoms with Crippen LogP contribution in [0.4, 0.5) is 5.69 Å². The van der Waals surface area contributed by atoms with Gasteiger partial charge in [-0.25, -0.2) is 8.42 Å². The van der Waals surface area contributed by atoms with Crippen molar-refractivity contribution < 1.29 is 18.0 Å². The molecule has 0 saturated carbocycles. The van der Waals surface area contributed by atoms with Gasteiger partial charge < -0.3 is 10.2 Å². The molecule has 0 unspecified atom stereocenters. The van der Waals surface area contributed by atoms with Gasteiger partial charge in [-0.3, -0.25) is 13.9 Å². The number of carbonyl (C=O) groups excluding carboxylic acids is 2. The maximum absolute atomic E-state index is 13.8. The molecule has 0 fully saturated rings. The summed E-state index contributed by atoms with van der Waals surface area (Å²) in [6, 6.07) is 23.7. The minimum Gasteiger partial charge on any atom is -0.357 e. The molecule has 0 spiro atoms. The summed E-state index contributed by atoms with van der Waals surface area (Å²) in [5.41, 5.74) is 1.97. The molecule has 0 radical (unpaired) electrons. The van der Waals surface area contributed by atoms with E-state index in [9.17, 15) is 18.0 Å². The summed E-state index contributed by atoms with van der Waals surface area (Å²) >= 11 is 0. The number of para-hydroxylation sites is 1. The van der Waals surface area contributed by atoms with Gasteiger partial charge >= 0.3 is 0 Å². The molecule has 35 heavy (non-hydrogen) atoms. The number of rotatable bonds is 10. The van der Waals surface area contributed by atoms with Crippen LogP contribution in [-0.4, -0.2) is 44.8 Å². The van der Waals surface area contributed by atoms with E-state index in [2.05, 4.69) is 5.32 Å². The molecular weight excluding hydrogens is 462 g/mol. The van der Waals surface area contributed by atoms with Gasteiger partial charge in [0.25, 0.3) is 10.0 Å². The molecule has 184 valence electrons. The van der Waals surface area contributed by atoms with Crippen molar-refractivity contribution in [2.75, 3.05) is 17.9 Å². The topological polar surface area (TPSA) is 86.8 Å². The van der Waals surface area contributed by atoms with Crippen LogP contribution in [0, 0.1) is 6.92 Å². The summed E-state index contributed by atoms with van der Waals surface area (Å²) in [5.74, 6) is -0.766. The van der Waals surface area contributed by atoms with E-state index in [-0.39, 0.29) is 17.3 Å². The van der Waals surface area contributed by atoms with Crippen LogP contribution in [0.15, 0.2) is 89.8 Å². The Kier molecular flexibility index (Phi) is 8.65. The standard InChI is InChI=1S/C27H31N3O4S/c1-4-24(27(32)28-3)29(19-22-14-7-5-8-15-22)26(31)20-30(25-18-12-11-13-21(25)2)35(33,34)23-16-9-6-10-17-23/h5-18,24H,4,19-20H2,1-3H3,(H,28,32)/t24-/m1/s1. The van der Waals surface area contributed by atoms with Crippen molar-refractivity contribution in [3.63, 3.8) is 0 Å². The van der Waals surface area contributed by atoms with Crippen molar-refractivity contribution in [1.82, 2.24) is 10.2 Å². The highest BCUT2D eigenvalue weighted by Gasteiger charge is 2.33. The number of hydrogen-bond acceptors (Lipinski definition) is 4. The number of sulfonamides is 1. The molecular formula is C27H31N3O4S. The molecule has 3 aromatic rings. The molecule has 0 heterocycles. The Morgan fingerprint density at radius 1 is 0.886 bits per heavy atom. The summed E-state index contributed by atoms with van der Waals surface area (Å²) < 4.78 is 28.5. The minimum absolute atomic E-state index is 0.0870. The lowest BCUT2D eigenvalue weighted by atomic mass is 10.1. The average Bonchev–Trinajstić information content (AvgIpc) is 2.88. The summed E-state index contributed by atoms with van der Waals surface area (Å²) in [7, 11) is -2.53. The van der Waals surface area contributed by atoms with Crippen molar-refractivity contribution in [2.45, 2.75) is 37.8 Å². The zero-order valence-electron chi connectivity index (χ0n) is 20.2. The number of hydrogen-bond donors (Lipinski definition) is 1. The van der Waals surface area contributed by atoms with Crippen molar-refractivity contribution in [1.29, 1.82) is 0 Å². The highest BCUT2D eigenvalue weighted by molar-refractivity contribution is 7.92. The van der Waals surface area contributed by atoms with Crippen LogP contribution in [-0.2, 0) is 26.2 Å². The van der Waals surface area contributed by atoms with Crippen molar-refractivity contribution >= 4 is 27.5 Å². The lowest BCUT2D eigenvalue weighted by Gasteiger charge is -2.33. The van der Waals surface area contributed by atoms with Gasteiger partial charge in [0.1, 0.15) is 12.6 Å². The van der Waals surface area contributed by atoms with Crippen LogP contribution in [0.1, 0.15) is 24.5 Å². The Bertz CT molecular complexity index is 1250. The van der Waals surface area contributed by atoms with Crippen LogP contribution in [0.5, 0.6) is 0 Å². The Morgan fingerprint density at radius 2 is 1.46 bits per heavy atom. The number of aryl methyl sites for hydroxylation is 1. The van der Waals surface area contributed by atoms with Gasteiger partial charge in [0.2, 0.25) is 11.8 Å². The monoisotopic (exact) mass is 493 g/mol. The minimum atomic E-state index is -4.05. The fraction of sp³-hybridized carbons (Fsp3) is 0.259. The summed E-state index contributed by atoms with van der Waals surface area (Å²) in [4.78, 5) is 28.0. The molecule has 0 aliphatic heterocycles. The van der Waals surface area contributed by atoms with E-state index in [0.717, 1.165) is 9.87 Å². The first-order chi connectivity index (χ1) is 16.8. The van der Waals surface area contributed by atoms with E-state index in [1.807, 2.05) is 43.3 Å². The van der Waals surface area contributed by atoms with E-state index in [1.54, 1.807) is 43.3 Å². The molecule has 3 aromatic carbocycles. The fourth-order valence-corrected chi connectivity index (χ4v) is 5.44. The lowest BCUT2D eigenvalue weighted by Crippen LogP contribution is -2.51. The Balaban J connectivity index is 2.05. The number of amides is 2. The molecule has 3 rings (SSSR count). The highest BCUT2D eigenvalue weighted by Crippen LogP contribution is 2.27. The third-order valence-electron chi connectivity index (χ3n) is 5.82. The van der Waals surface area contributed by atoms with Crippen molar-refractivity contribution in [3.05, 3.63) is 96.1 Å². The van der Waals surface area contributed by atoms with Crippen molar-refractivity contribution in [3.8, 4) is 0 Å². The van der Waals surface area contributed by atoms with Crippen LogP contribution >= 0.6 is 0 Å². The number of nitrogens with one attached hydrogen (secondary N) is 1. The van der Waals surface area contributed by atoms with Crippen LogP contribution in [0.3, 0.4) is 0 Å². The van der Waals surface area contributed by atoms with E-state index >= 15 is 0 Å². The van der Waals surface area contributed by atoms with Crippen molar-refractivity contribution in [2.24, 2.45) is 0 Å². The van der Waals surface area contributed by atoms with E-state index in [1.165, 1.54) is 24.1 Å². The summed E-state index contributed by atoms with van der Waals surface area (Å²) in [6.45, 7) is 3.36. The van der Waals surface area contributed by atoms with Gasteiger partial charge in [-0.1, -0.05) is 73.7 Å². The normalized spacial score (nSPS) is 12.0. The molecule has 2 amide bonds. The number of nitrogens with zero attached hydrogens (tertiary/aromatic N) is 2. The van der Waals surface area contributed by atoms with Gasteiger partial charge in [-0.15, -0.1) is 0 Å². The molecule has 0 aliphatic rings. The predicted octanol–water partition coefficient (Wildman–Crippen LogP) is 3.74. The van der Waals surface area contributed by atoms with E-state index in [4.69, 9.17) is 0 Å². The Morgan fingerprint density at radius 3 is 2.03 bits per heavy atom. The first-order valence-corrected chi connectivity index (χ1v) is 12.9. The van der Waals surface area contributed by atoms with Crippen LogP contribution in [0.25, 0.3) is 0 Å². The second-order valence-corrected chi connectivity index (χ2v) is 10.0. The number of anilines is 1. The van der Waals surface area contributed by atoms with E-state index in [0.29, 0.717) is 17.7 Å². The van der Waals surface area contributed by atoms with Gasteiger partial charge in [-0.2, -0.15) is 0 Å². The fourth-order valence-electron chi connectivity index (χ4n) is 3.94. The maximum atomic E-state index is 13.8. The molecule has 0 aromatic heterocycles. The average molecular weight is 494 g/mol. The SMILES string of the molecule is CC[C@H](C(=O)NC)N(Cc1ccccc1)C(=O)CN(c1ccccc1C)S(=O)(=O)c1ccccc1. The lowest BCUT2D eigenvalue weighted by molar-refractivity contribution is -0.140. The zero-order valence-corrected chi connectivity index (χ0v) is 21.0. The first-order valence-electron chi connectivity index (χ1n) is 11.5. The smallest absolute Gasteiger partial charge is 0.264 e. The zero-order chi connectivity index (χ0) is 25.4. The third-order valence-corrected chi connectivity index (χ3v) is 7.60. The molecule has 0 saturated heterocycles. The quantitative estimate of drug-likeness (QED) is 0.466. The molecule has 7 nitrogen and oxygen atoms in total. The maximum Gasteiger partial charge on any atom is 0.264 e. The third kappa shape index (κ3) is 6.08. The van der Waals surface area contributed by atoms with Crippen LogP contribution in [0.2, 0.25) is 0 Å². The number of carbonyl (C=O) groups is 2. The predicted molar refractivity (Wildman–Crippen MR) is 137 cm³/mol. The number of benzene rings is 3.